The largest absolute Gasteiger partial charge is 0.493 e. The molecule has 4 rings (SSSR count). The molecule has 0 radical (unpaired) electrons. The van der Waals surface area contributed by atoms with E-state index in [0.29, 0.717) is 24.3 Å². The number of rotatable bonds is 8. The predicted molar refractivity (Wildman–Crippen MR) is 131 cm³/mol. The molecule has 2 atom stereocenters. The van der Waals surface area contributed by atoms with Gasteiger partial charge in [-0.1, -0.05) is 24.3 Å². The molecule has 0 bridgehead atoms. The first-order valence-corrected chi connectivity index (χ1v) is 14.6. The molecule has 35 heavy (non-hydrogen) atoms. The van der Waals surface area contributed by atoms with Crippen LogP contribution < -0.4 is 9.46 Å². The summed E-state index contributed by atoms with van der Waals surface area (Å²) in [4.78, 5) is 7.78. The van der Waals surface area contributed by atoms with Gasteiger partial charge in [0.2, 0.25) is 5.95 Å². The zero-order valence-electron chi connectivity index (χ0n) is 19.3. The number of halogens is 1. The van der Waals surface area contributed by atoms with Crippen molar-refractivity contribution in [3.8, 4) is 5.75 Å². The van der Waals surface area contributed by atoms with Crippen molar-refractivity contribution in [2.75, 3.05) is 23.3 Å². The van der Waals surface area contributed by atoms with Gasteiger partial charge in [-0.05, 0) is 48.6 Å². The van der Waals surface area contributed by atoms with Gasteiger partial charge in [0.1, 0.15) is 21.8 Å². The Morgan fingerprint density at radius 1 is 1.09 bits per heavy atom. The molecule has 0 saturated heterocycles. The molecule has 0 aliphatic carbocycles. The Morgan fingerprint density at radius 3 is 2.49 bits per heavy atom. The van der Waals surface area contributed by atoms with Crippen molar-refractivity contribution in [3.63, 3.8) is 0 Å². The maximum Gasteiger partial charge on any atom is 0.264 e. The maximum absolute atomic E-state index is 14.0. The van der Waals surface area contributed by atoms with E-state index in [4.69, 9.17) is 4.74 Å². The molecule has 0 spiro atoms. The quantitative estimate of drug-likeness (QED) is 0.481. The van der Waals surface area contributed by atoms with Gasteiger partial charge in [0.15, 0.2) is 0 Å². The van der Waals surface area contributed by atoms with Gasteiger partial charge in [-0.2, -0.15) is 0 Å². The van der Waals surface area contributed by atoms with Crippen LogP contribution in [0.1, 0.15) is 47.7 Å². The molecule has 0 saturated carbocycles. The summed E-state index contributed by atoms with van der Waals surface area (Å²) in [5, 5.41) is 0. The van der Waals surface area contributed by atoms with E-state index in [1.165, 1.54) is 37.7 Å². The van der Waals surface area contributed by atoms with E-state index in [9.17, 15) is 21.2 Å². The number of aromatic nitrogens is 2. The highest BCUT2D eigenvalue weighted by Gasteiger charge is 2.28. The van der Waals surface area contributed by atoms with Crippen molar-refractivity contribution < 1.29 is 26.0 Å². The highest BCUT2D eigenvalue weighted by Crippen LogP contribution is 2.41. The minimum Gasteiger partial charge on any atom is -0.493 e. The Kier molecular flexibility index (Phi) is 7.09. The van der Waals surface area contributed by atoms with Crippen molar-refractivity contribution in [3.05, 3.63) is 77.1 Å². The smallest absolute Gasteiger partial charge is 0.264 e. The number of nitrogens with zero attached hydrogens (tertiary/aromatic N) is 2. The van der Waals surface area contributed by atoms with E-state index in [1.54, 1.807) is 24.3 Å². The van der Waals surface area contributed by atoms with Crippen LogP contribution >= 0.6 is 0 Å². The highest BCUT2D eigenvalue weighted by molar-refractivity contribution is 7.92. The Labute approximate surface area is 204 Å². The molecule has 3 aromatic rings. The normalized spacial score (nSPS) is 16.7. The fraction of sp³-hybridized carbons (Fsp3) is 0.333. The average Bonchev–Trinajstić information content (AvgIpc) is 2.81. The Hall–Kier alpha value is -3.05. The zero-order valence-corrected chi connectivity index (χ0v) is 20.9. The summed E-state index contributed by atoms with van der Waals surface area (Å²) in [5.41, 5.74) is 2.91. The van der Waals surface area contributed by atoms with Gasteiger partial charge in [0, 0.05) is 36.2 Å². The first kappa shape index (κ1) is 25.1. The lowest BCUT2D eigenvalue weighted by molar-refractivity contribution is 0.276. The van der Waals surface area contributed by atoms with Crippen LogP contribution in [0.2, 0.25) is 0 Å². The highest BCUT2D eigenvalue weighted by atomic mass is 32.2. The number of anilines is 1. The lowest BCUT2D eigenvalue weighted by Gasteiger charge is -2.28. The van der Waals surface area contributed by atoms with Gasteiger partial charge in [-0.15, -0.1) is 0 Å². The predicted octanol–water partition coefficient (Wildman–Crippen LogP) is 3.81. The van der Waals surface area contributed by atoms with Gasteiger partial charge in [-0.3, -0.25) is 0 Å². The number of ether oxygens (including phenoxy) is 1. The summed E-state index contributed by atoms with van der Waals surface area (Å²) >= 11 is 0. The average molecular weight is 520 g/mol. The number of aryl methyl sites for hydroxylation is 1. The van der Waals surface area contributed by atoms with Crippen LogP contribution in [0.3, 0.4) is 0 Å². The van der Waals surface area contributed by atoms with Gasteiger partial charge < -0.3 is 4.74 Å². The molecule has 2 aromatic carbocycles. The summed E-state index contributed by atoms with van der Waals surface area (Å²) in [6.07, 6.45) is 3.73. The van der Waals surface area contributed by atoms with E-state index in [2.05, 4.69) is 14.7 Å². The van der Waals surface area contributed by atoms with E-state index >= 15 is 0 Å². The topological polar surface area (TPSA) is 115 Å². The third kappa shape index (κ3) is 5.96. The van der Waals surface area contributed by atoms with Crippen molar-refractivity contribution in [1.82, 2.24) is 9.97 Å². The molecule has 1 aliphatic rings. The van der Waals surface area contributed by atoms with Crippen molar-refractivity contribution in [2.24, 2.45) is 0 Å². The second kappa shape index (κ2) is 9.90. The molecule has 1 aromatic heterocycles. The summed E-state index contributed by atoms with van der Waals surface area (Å²) < 4.78 is 71.4. The molecule has 0 unspecified atom stereocenters. The van der Waals surface area contributed by atoms with Crippen molar-refractivity contribution in [2.45, 2.75) is 36.8 Å². The van der Waals surface area contributed by atoms with Gasteiger partial charge in [-0.25, -0.2) is 35.9 Å². The van der Waals surface area contributed by atoms with Crippen LogP contribution in [0.25, 0.3) is 0 Å². The SMILES string of the molecule is C[C@H](F)c1ccc([C@@H]2CCOc3cc(S(=O)(=O)Nc4ncccn4)ccc32)c(CCS(C)(=O)=O)c1. The Morgan fingerprint density at radius 2 is 1.80 bits per heavy atom. The molecule has 8 nitrogen and oxygen atoms in total. The summed E-state index contributed by atoms with van der Waals surface area (Å²) in [7, 11) is -7.15. The maximum atomic E-state index is 14.0. The summed E-state index contributed by atoms with van der Waals surface area (Å²) in [6, 6.07) is 11.5. The number of hydrogen-bond donors (Lipinski definition) is 1. The number of nitrogens with one attached hydrogen (secondary N) is 1. The minimum atomic E-state index is -3.94. The lowest BCUT2D eigenvalue weighted by atomic mass is 9.83. The first-order valence-electron chi connectivity index (χ1n) is 11.0. The molecule has 0 fully saturated rings. The third-order valence-corrected chi connectivity index (χ3v) is 8.14. The van der Waals surface area contributed by atoms with Crippen LogP contribution in [0.4, 0.5) is 10.3 Å². The monoisotopic (exact) mass is 519 g/mol. The van der Waals surface area contributed by atoms with E-state index < -0.39 is 26.0 Å². The van der Waals surface area contributed by atoms with E-state index in [1.807, 2.05) is 6.07 Å². The van der Waals surface area contributed by atoms with Gasteiger partial charge in [0.25, 0.3) is 10.0 Å². The molecule has 1 aliphatic heterocycles. The van der Waals surface area contributed by atoms with Crippen molar-refractivity contribution >= 4 is 25.8 Å². The lowest BCUT2D eigenvalue weighted by Crippen LogP contribution is -2.19. The van der Waals surface area contributed by atoms with Crippen molar-refractivity contribution in [1.29, 1.82) is 0 Å². The third-order valence-electron chi connectivity index (χ3n) is 5.87. The second-order valence-electron chi connectivity index (χ2n) is 8.52. The molecular weight excluding hydrogens is 493 g/mol. The van der Waals surface area contributed by atoms with Crippen LogP contribution in [0, 0.1) is 0 Å². The second-order valence-corrected chi connectivity index (χ2v) is 12.5. The molecule has 1 N–H and O–H groups in total. The first-order chi connectivity index (χ1) is 16.5. The number of fused-ring (bicyclic) bond motifs is 1. The molecule has 11 heteroatoms. The standard InChI is InChI=1S/C24H26FN3O5S2/c1-16(25)17-4-6-20(18(14-17)9-13-34(2,29)30)21-8-12-33-23-15-19(5-7-22(21)23)35(31,32)28-24-26-10-3-11-27-24/h3-7,10-11,14-16,21H,8-9,12-13H2,1-2H3,(H,26,27,28)/t16-,21-/m0/s1. The Bertz CT molecular complexity index is 1430. The number of sulfonamides is 1. The van der Waals surface area contributed by atoms with Crippen LogP contribution in [-0.2, 0) is 26.3 Å². The number of benzene rings is 2. The summed E-state index contributed by atoms with van der Waals surface area (Å²) in [6.45, 7) is 1.79. The van der Waals surface area contributed by atoms with Crippen LogP contribution in [0.5, 0.6) is 5.75 Å². The van der Waals surface area contributed by atoms with E-state index in [-0.39, 0.29) is 28.9 Å². The molecular formula is C24H26FN3O5S2. The summed E-state index contributed by atoms with van der Waals surface area (Å²) in [5.74, 6) is 0.182. The van der Waals surface area contributed by atoms with Crippen LogP contribution in [0.15, 0.2) is 59.8 Å². The van der Waals surface area contributed by atoms with E-state index in [0.717, 1.165) is 16.7 Å². The Balaban J connectivity index is 1.69. The molecule has 186 valence electrons. The fourth-order valence-electron chi connectivity index (χ4n) is 4.12. The zero-order chi connectivity index (χ0) is 25.2. The van der Waals surface area contributed by atoms with Gasteiger partial charge >= 0.3 is 0 Å². The molecule has 0 amide bonds. The molecule has 2 heterocycles. The number of hydrogen-bond acceptors (Lipinski definition) is 7. The fourth-order valence-corrected chi connectivity index (χ4v) is 5.68. The van der Waals surface area contributed by atoms with Crippen LogP contribution in [-0.4, -0.2) is 45.4 Å². The minimum absolute atomic E-state index is 0.00301. The number of sulfone groups is 1. The van der Waals surface area contributed by atoms with Gasteiger partial charge in [0.05, 0.1) is 17.3 Å². The number of alkyl halides is 1.